The molecule has 4 aliphatic rings. The Morgan fingerprint density at radius 1 is 0.955 bits per heavy atom. The lowest BCUT2D eigenvalue weighted by atomic mass is 9.47. The van der Waals surface area contributed by atoms with Crippen molar-refractivity contribution in [2.24, 2.45) is 28.6 Å². The highest BCUT2D eigenvalue weighted by atomic mass is 16.3. The smallest absolute Gasteiger partial charge is 0.0757 e. The highest BCUT2D eigenvalue weighted by Gasteiger charge is 2.60. The van der Waals surface area contributed by atoms with E-state index >= 15 is 0 Å². The van der Waals surface area contributed by atoms with Crippen molar-refractivity contribution >= 4 is 0 Å². The first-order chi connectivity index (χ1) is 10.4. The largest absolute Gasteiger partial charge is 0.393 e. The molecule has 22 heavy (non-hydrogen) atoms. The Morgan fingerprint density at radius 2 is 1.73 bits per heavy atom. The Kier molecular flexibility index (Phi) is 3.32. The molecule has 3 saturated carbocycles. The van der Waals surface area contributed by atoms with Gasteiger partial charge in [0.1, 0.15) is 0 Å². The molecule has 4 rings (SSSR count). The summed E-state index contributed by atoms with van der Waals surface area (Å²) in [6, 6.07) is 0. The molecule has 0 amide bonds. The topological polar surface area (TPSA) is 60.7 Å². The van der Waals surface area contributed by atoms with Crippen LogP contribution in [-0.2, 0) is 0 Å². The van der Waals surface area contributed by atoms with E-state index in [0.29, 0.717) is 17.8 Å². The molecule has 3 N–H and O–H groups in total. The van der Waals surface area contributed by atoms with E-state index < -0.39 is 6.10 Å². The van der Waals surface area contributed by atoms with Crippen molar-refractivity contribution in [1.82, 2.24) is 0 Å². The van der Waals surface area contributed by atoms with Crippen molar-refractivity contribution in [3.63, 3.8) is 0 Å². The van der Waals surface area contributed by atoms with Crippen LogP contribution in [0.1, 0.15) is 58.8 Å². The van der Waals surface area contributed by atoms with Gasteiger partial charge in [0.25, 0.3) is 0 Å². The van der Waals surface area contributed by atoms with E-state index in [1.54, 1.807) is 0 Å². The number of aliphatic hydroxyl groups excluding tert-OH is 3. The predicted molar refractivity (Wildman–Crippen MR) is 85.1 cm³/mol. The van der Waals surface area contributed by atoms with Crippen LogP contribution in [-0.4, -0.2) is 33.6 Å². The molecule has 124 valence electrons. The summed E-state index contributed by atoms with van der Waals surface area (Å²) >= 11 is 0. The summed E-state index contributed by atoms with van der Waals surface area (Å²) in [5.74, 6) is 1.25. The maximum absolute atomic E-state index is 10.9. The molecule has 0 bridgehead atoms. The molecule has 0 heterocycles. The van der Waals surface area contributed by atoms with Crippen LogP contribution >= 0.6 is 0 Å². The van der Waals surface area contributed by atoms with Crippen LogP contribution < -0.4 is 0 Å². The molecule has 0 aromatic carbocycles. The van der Waals surface area contributed by atoms with Crippen molar-refractivity contribution < 1.29 is 15.3 Å². The van der Waals surface area contributed by atoms with Gasteiger partial charge in [0.2, 0.25) is 0 Å². The summed E-state index contributed by atoms with van der Waals surface area (Å²) in [7, 11) is 0. The zero-order valence-corrected chi connectivity index (χ0v) is 13.8. The number of rotatable bonds is 0. The highest BCUT2D eigenvalue weighted by Crippen LogP contribution is 2.64. The van der Waals surface area contributed by atoms with E-state index in [1.807, 2.05) is 0 Å². The fourth-order valence-electron chi connectivity index (χ4n) is 6.60. The molecule has 0 aromatic heterocycles. The zero-order valence-electron chi connectivity index (χ0n) is 13.8. The Labute approximate surface area is 133 Å². The van der Waals surface area contributed by atoms with Gasteiger partial charge in [-0.25, -0.2) is 0 Å². The lowest BCUT2D eigenvalue weighted by Crippen LogP contribution is -2.55. The summed E-state index contributed by atoms with van der Waals surface area (Å²) in [4.78, 5) is 0. The molecule has 0 radical (unpaired) electrons. The first kappa shape index (κ1) is 15.2. The van der Waals surface area contributed by atoms with Crippen LogP contribution in [0.15, 0.2) is 11.6 Å². The first-order valence-corrected chi connectivity index (χ1v) is 9.11. The number of aliphatic hydroxyl groups is 3. The van der Waals surface area contributed by atoms with Crippen LogP contribution in [0, 0.1) is 28.6 Å². The first-order valence-electron chi connectivity index (χ1n) is 9.11. The molecule has 0 saturated heterocycles. The summed E-state index contributed by atoms with van der Waals surface area (Å²) in [5.41, 5.74) is 1.44. The van der Waals surface area contributed by atoms with Crippen LogP contribution in [0.25, 0.3) is 0 Å². The molecule has 3 nitrogen and oxygen atoms in total. The Balaban J connectivity index is 1.73. The van der Waals surface area contributed by atoms with Crippen LogP contribution in [0.2, 0.25) is 0 Å². The fourth-order valence-corrected chi connectivity index (χ4v) is 6.60. The van der Waals surface area contributed by atoms with Crippen LogP contribution in [0.5, 0.6) is 0 Å². The number of hydrogen-bond donors (Lipinski definition) is 3. The summed E-state index contributed by atoms with van der Waals surface area (Å²) < 4.78 is 0. The normalized spacial score (nSPS) is 57.6. The van der Waals surface area contributed by atoms with E-state index in [2.05, 4.69) is 19.9 Å². The van der Waals surface area contributed by atoms with Crippen molar-refractivity contribution in [2.45, 2.75) is 77.1 Å². The molecule has 0 aliphatic heterocycles. The van der Waals surface area contributed by atoms with Crippen LogP contribution in [0.3, 0.4) is 0 Å². The van der Waals surface area contributed by atoms with Crippen molar-refractivity contribution in [2.75, 3.05) is 0 Å². The monoisotopic (exact) mass is 306 g/mol. The lowest BCUT2D eigenvalue weighted by molar-refractivity contribution is -0.105. The number of hydrogen-bond acceptors (Lipinski definition) is 3. The maximum atomic E-state index is 10.9. The molecular weight excluding hydrogens is 276 g/mol. The van der Waals surface area contributed by atoms with E-state index in [1.165, 1.54) is 5.57 Å². The standard InChI is InChI=1S/C19H30O3/c1-18-7-5-12(20)9-11(18)10-15(21)17-13-3-4-16(22)19(13,2)8-6-14(17)18/h10,12-17,20-22H,3-9H2,1-2H3/t12-,13?,14?,15?,16+,17?,18+,19+/m1/s1. The van der Waals surface area contributed by atoms with Crippen molar-refractivity contribution in [3.8, 4) is 0 Å². The van der Waals surface area contributed by atoms with Gasteiger partial charge in [0.15, 0.2) is 0 Å². The van der Waals surface area contributed by atoms with E-state index in [4.69, 9.17) is 0 Å². The predicted octanol–water partition coefficient (Wildman–Crippen LogP) is 2.64. The average Bonchev–Trinajstić information content (AvgIpc) is 2.77. The van der Waals surface area contributed by atoms with Gasteiger partial charge < -0.3 is 15.3 Å². The Bertz CT molecular complexity index is 501. The van der Waals surface area contributed by atoms with Gasteiger partial charge in [-0.3, -0.25) is 0 Å². The SMILES string of the molecule is C[C@]12CC[C@@H](O)CC1=CC(O)C1C2CC[C@@]2(C)C1CC[C@@H]2O. The minimum absolute atomic E-state index is 0.00195. The van der Waals surface area contributed by atoms with Gasteiger partial charge in [-0.05, 0) is 73.5 Å². The molecule has 3 heteroatoms. The second-order valence-corrected chi connectivity index (χ2v) is 8.92. The number of fused-ring (bicyclic) bond motifs is 5. The molecule has 0 aromatic rings. The van der Waals surface area contributed by atoms with Crippen molar-refractivity contribution in [3.05, 3.63) is 11.6 Å². The fraction of sp³-hybridized carbons (Fsp3) is 0.895. The third-order valence-electron chi connectivity index (χ3n) is 8.05. The Morgan fingerprint density at radius 3 is 2.50 bits per heavy atom. The molecule has 4 aliphatic carbocycles. The van der Waals surface area contributed by atoms with Crippen LogP contribution in [0.4, 0.5) is 0 Å². The van der Waals surface area contributed by atoms with E-state index in [0.717, 1.165) is 44.9 Å². The highest BCUT2D eigenvalue weighted by molar-refractivity contribution is 5.27. The van der Waals surface area contributed by atoms with E-state index in [-0.39, 0.29) is 23.0 Å². The molecule has 0 spiro atoms. The van der Waals surface area contributed by atoms with Crippen molar-refractivity contribution in [1.29, 1.82) is 0 Å². The maximum Gasteiger partial charge on any atom is 0.0757 e. The van der Waals surface area contributed by atoms with Gasteiger partial charge in [0.05, 0.1) is 18.3 Å². The van der Waals surface area contributed by atoms with Gasteiger partial charge in [0, 0.05) is 0 Å². The molecule has 3 fully saturated rings. The van der Waals surface area contributed by atoms with Gasteiger partial charge >= 0.3 is 0 Å². The van der Waals surface area contributed by atoms with Gasteiger partial charge in [-0.2, -0.15) is 0 Å². The Hall–Kier alpha value is -0.380. The third kappa shape index (κ3) is 1.85. The van der Waals surface area contributed by atoms with Gasteiger partial charge in [-0.15, -0.1) is 0 Å². The van der Waals surface area contributed by atoms with Gasteiger partial charge in [-0.1, -0.05) is 25.5 Å². The third-order valence-corrected chi connectivity index (χ3v) is 8.05. The second-order valence-electron chi connectivity index (χ2n) is 8.92. The lowest BCUT2D eigenvalue weighted by Gasteiger charge is -2.58. The molecular formula is C19H30O3. The summed E-state index contributed by atoms with van der Waals surface area (Å²) in [5, 5.41) is 31.3. The minimum atomic E-state index is -0.395. The molecule has 8 atom stereocenters. The van der Waals surface area contributed by atoms with E-state index in [9.17, 15) is 15.3 Å². The summed E-state index contributed by atoms with van der Waals surface area (Å²) in [6.45, 7) is 4.60. The molecule has 4 unspecified atom stereocenters. The summed E-state index contributed by atoms with van der Waals surface area (Å²) in [6.07, 6.45) is 8.05. The zero-order chi connectivity index (χ0) is 15.7. The minimum Gasteiger partial charge on any atom is -0.393 e. The quantitative estimate of drug-likeness (QED) is 0.603. The average molecular weight is 306 g/mol. The second kappa shape index (κ2) is 4.81.